The van der Waals surface area contributed by atoms with Gasteiger partial charge in [0.2, 0.25) is 0 Å². The number of ether oxygens (including phenoxy) is 2. The van der Waals surface area contributed by atoms with Crippen LogP contribution in [0.1, 0.15) is 38.5 Å². The van der Waals surface area contributed by atoms with Gasteiger partial charge in [-0.2, -0.15) is 0 Å². The summed E-state index contributed by atoms with van der Waals surface area (Å²) >= 11 is 0. The van der Waals surface area contributed by atoms with E-state index in [2.05, 4.69) is 17.4 Å². The topological polar surface area (TPSA) is 50.7 Å². The van der Waals surface area contributed by atoms with Crippen molar-refractivity contribution in [3.63, 3.8) is 0 Å². The molecule has 2 fully saturated rings. The van der Waals surface area contributed by atoms with Gasteiger partial charge >= 0.3 is 0 Å². The molecule has 1 saturated heterocycles. The number of rotatable bonds is 4. The van der Waals surface area contributed by atoms with E-state index in [4.69, 9.17) is 9.47 Å². The lowest BCUT2D eigenvalue weighted by Crippen LogP contribution is -2.34. The number of hydrogen-bond acceptors (Lipinski definition) is 4. The van der Waals surface area contributed by atoms with E-state index in [9.17, 15) is 5.11 Å². The van der Waals surface area contributed by atoms with Crippen LogP contribution in [0.25, 0.3) is 0 Å². The maximum Gasteiger partial charge on any atom is 0.124 e. The van der Waals surface area contributed by atoms with E-state index >= 15 is 0 Å². The van der Waals surface area contributed by atoms with Crippen LogP contribution in [0.3, 0.4) is 0 Å². The quantitative estimate of drug-likeness (QED) is 0.895. The van der Waals surface area contributed by atoms with Crippen LogP contribution in [0, 0.1) is 0 Å². The van der Waals surface area contributed by atoms with Crippen LogP contribution in [0.15, 0.2) is 24.3 Å². The molecule has 2 N–H and O–H groups in total. The van der Waals surface area contributed by atoms with Gasteiger partial charge in [-0.15, -0.1) is 0 Å². The Labute approximate surface area is 126 Å². The zero-order valence-electron chi connectivity index (χ0n) is 12.5. The molecule has 1 heterocycles. The van der Waals surface area contributed by atoms with E-state index in [0.29, 0.717) is 6.04 Å². The SMILES string of the molecule is OC1CCCCC1Oc1ccc(NC2CCOCC2)cc1. The van der Waals surface area contributed by atoms with Gasteiger partial charge in [-0.25, -0.2) is 0 Å². The Kier molecular flexibility index (Phi) is 4.99. The van der Waals surface area contributed by atoms with Crippen molar-refractivity contribution < 1.29 is 14.6 Å². The summed E-state index contributed by atoms with van der Waals surface area (Å²) in [5.74, 6) is 0.846. The van der Waals surface area contributed by atoms with Crippen molar-refractivity contribution in [1.29, 1.82) is 0 Å². The first-order valence-corrected chi connectivity index (χ1v) is 8.10. The van der Waals surface area contributed by atoms with E-state index in [1.54, 1.807) is 0 Å². The number of aliphatic hydroxyl groups excluding tert-OH is 1. The van der Waals surface area contributed by atoms with Crippen molar-refractivity contribution >= 4 is 5.69 Å². The highest BCUT2D eigenvalue weighted by atomic mass is 16.5. The number of hydrogen-bond donors (Lipinski definition) is 2. The standard InChI is InChI=1S/C17H25NO3/c19-16-3-1-2-4-17(16)21-15-7-5-13(6-8-15)18-14-9-11-20-12-10-14/h5-8,14,16-19H,1-4,9-12H2. The third-order valence-electron chi connectivity index (χ3n) is 4.40. The molecular weight excluding hydrogens is 266 g/mol. The summed E-state index contributed by atoms with van der Waals surface area (Å²) < 4.78 is 11.3. The molecule has 1 aliphatic heterocycles. The van der Waals surface area contributed by atoms with Crippen LogP contribution in [-0.4, -0.2) is 36.6 Å². The van der Waals surface area contributed by atoms with E-state index in [1.165, 1.54) is 0 Å². The van der Waals surface area contributed by atoms with Gasteiger partial charge < -0.3 is 19.9 Å². The highest BCUT2D eigenvalue weighted by Gasteiger charge is 2.24. The summed E-state index contributed by atoms with van der Waals surface area (Å²) in [7, 11) is 0. The fourth-order valence-corrected chi connectivity index (χ4v) is 3.10. The predicted octanol–water partition coefficient (Wildman–Crippen LogP) is 2.96. The Morgan fingerprint density at radius 3 is 2.43 bits per heavy atom. The Morgan fingerprint density at radius 1 is 1.00 bits per heavy atom. The van der Waals surface area contributed by atoms with Crippen molar-refractivity contribution in [2.24, 2.45) is 0 Å². The first-order valence-electron chi connectivity index (χ1n) is 8.10. The molecule has 0 bridgehead atoms. The average Bonchev–Trinajstić information content (AvgIpc) is 2.52. The summed E-state index contributed by atoms with van der Waals surface area (Å²) in [4.78, 5) is 0. The van der Waals surface area contributed by atoms with Gasteiger partial charge in [-0.05, 0) is 56.4 Å². The largest absolute Gasteiger partial charge is 0.488 e. The molecule has 2 unspecified atom stereocenters. The summed E-state index contributed by atoms with van der Waals surface area (Å²) in [6, 6.07) is 8.59. The molecule has 0 spiro atoms. The van der Waals surface area contributed by atoms with E-state index in [1.807, 2.05) is 12.1 Å². The number of aliphatic hydroxyl groups is 1. The van der Waals surface area contributed by atoms with Gasteiger partial charge in [0.1, 0.15) is 11.9 Å². The lowest BCUT2D eigenvalue weighted by Gasteiger charge is -2.28. The molecule has 3 rings (SSSR count). The molecule has 1 aromatic rings. The fraction of sp³-hybridized carbons (Fsp3) is 0.647. The van der Waals surface area contributed by atoms with Crippen LogP contribution in [0.2, 0.25) is 0 Å². The summed E-state index contributed by atoms with van der Waals surface area (Å²) in [6.07, 6.45) is 5.81. The van der Waals surface area contributed by atoms with Gasteiger partial charge in [0.25, 0.3) is 0 Å². The second kappa shape index (κ2) is 7.14. The molecule has 1 aromatic carbocycles. The average molecular weight is 291 g/mol. The van der Waals surface area contributed by atoms with Gasteiger partial charge in [-0.3, -0.25) is 0 Å². The van der Waals surface area contributed by atoms with Crippen LogP contribution >= 0.6 is 0 Å². The number of benzene rings is 1. The van der Waals surface area contributed by atoms with Gasteiger partial charge in [0, 0.05) is 24.9 Å². The maximum atomic E-state index is 9.95. The lowest BCUT2D eigenvalue weighted by molar-refractivity contribution is 0.00688. The summed E-state index contributed by atoms with van der Waals surface area (Å²) in [5, 5.41) is 13.5. The highest BCUT2D eigenvalue weighted by molar-refractivity contribution is 5.47. The normalized spacial score (nSPS) is 27.3. The Hall–Kier alpha value is -1.26. The van der Waals surface area contributed by atoms with E-state index < -0.39 is 0 Å². The van der Waals surface area contributed by atoms with Gasteiger partial charge in [0.05, 0.1) is 6.10 Å². The fourth-order valence-electron chi connectivity index (χ4n) is 3.10. The first kappa shape index (κ1) is 14.7. The van der Waals surface area contributed by atoms with Gasteiger partial charge in [0.15, 0.2) is 0 Å². The second-order valence-electron chi connectivity index (χ2n) is 6.06. The first-order chi connectivity index (χ1) is 10.3. The van der Waals surface area contributed by atoms with Crippen LogP contribution in [0.5, 0.6) is 5.75 Å². The van der Waals surface area contributed by atoms with Gasteiger partial charge in [-0.1, -0.05) is 6.42 Å². The third-order valence-corrected chi connectivity index (χ3v) is 4.40. The minimum Gasteiger partial charge on any atom is -0.488 e. The maximum absolute atomic E-state index is 9.95. The van der Waals surface area contributed by atoms with E-state index in [0.717, 1.165) is 63.2 Å². The predicted molar refractivity (Wildman–Crippen MR) is 82.8 cm³/mol. The Bertz CT molecular complexity index is 428. The molecule has 21 heavy (non-hydrogen) atoms. The van der Waals surface area contributed by atoms with Crippen LogP contribution in [-0.2, 0) is 4.74 Å². The minimum atomic E-state index is -0.321. The van der Waals surface area contributed by atoms with Crippen molar-refractivity contribution in [2.45, 2.75) is 56.8 Å². The minimum absolute atomic E-state index is 0.0481. The molecule has 2 atom stereocenters. The number of nitrogens with one attached hydrogen (secondary N) is 1. The molecule has 2 aliphatic rings. The Morgan fingerprint density at radius 2 is 1.71 bits per heavy atom. The summed E-state index contributed by atoms with van der Waals surface area (Å²) in [5.41, 5.74) is 1.12. The van der Waals surface area contributed by atoms with E-state index in [-0.39, 0.29) is 12.2 Å². The second-order valence-corrected chi connectivity index (χ2v) is 6.06. The molecule has 116 valence electrons. The molecule has 1 aliphatic carbocycles. The van der Waals surface area contributed by atoms with Crippen molar-refractivity contribution in [2.75, 3.05) is 18.5 Å². The molecule has 0 radical (unpaired) electrons. The van der Waals surface area contributed by atoms with Crippen LogP contribution in [0.4, 0.5) is 5.69 Å². The van der Waals surface area contributed by atoms with Crippen molar-refractivity contribution in [3.8, 4) is 5.75 Å². The molecule has 0 amide bonds. The molecule has 4 nitrogen and oxygen atoms in total. The number of anilines is 1. The molecular formula is C17H25NO3. The molecule has 0 aromatic heterocycles. The molecule has 1 saturated carbocycles. The lowest BCUT2D eigenvalue weighted by atomic mass is 9.95. The zero-order chi connectivity index (χ0) is 14.5. The van der Waals surface area contributed by atoms with Crippen molar-refractivity contribution in [3.05, 3.63) is 24.3 Å². The zero-order valence-corrected chi connectivity index (χ0v) is 12.5. The monoisotopic (exact) mass is 291 g/mol. The third kappa shape index (κ3) is 4.11. The smallest absolute Gasteiger partial charge is 0.124 e. The summed E-state index contributed by atoms with van der Waals surface area (Å²) in [6.45, 7) is 1.69. The highest BCUT2D eigenvalue weighted by Crippen LogP contribution is 2.25. The Balaban J connectivity index is 1.53. The van der Waals surface area contributed by atoms with Crippen molar-refractivity contribution in [1.82, 2.24) is 0 Å². The van der Waals surface area contributed by atoms with Crippen LogP contribution < -0.4 is 10.1 Å². The molecule has 4 heteroatoms.